The minimum atomic E-state index is 0.743. The van der Waals surface area contributed by atoms with Crippen LogP contribution in [-0.4, -0.2) is 10.9 Å². The summed E-state index contributed by atoms with van der Waals surface area (Å²) < 4.78 is 2.09. The largest absolute Gasteiger partial charge is 0.346 e. The molecule has 0 aliphatic rings. The van der Waals surface area contributed by atoms with Gasteiger partial charge < -0.3 is 4.57 Å². The van der Waals surface area contributed by atoms with Gasteiger partial charge in [0, 0.05) is 30.1 Å². The molecule has 0 saturated carbocycles. The SMILES string of the molecule is CC#CCCn1ccc2cccc(C=O)c21. The van der Waals surface area contributed by atoms with E-state index >= 15 is 0 Å². The molecular weight excluding hydrogens is 198 g/mol. The highest BCUT2D eigenvalue weighted by Gasteiger charge is 2.04. The summed E-state index contributed by atoms with van der Waals surface area (Å²) in [6.07, 6.45) is 3.73. The zero-order valence-electron chi connectivity index (χ0n) is 9.23. The first-order valence-corrected chi connectivity index (χ1v) is 5.29. The van der Waals surface area contributed by atoms with E-state index in [4.69, 9.17) is 0 Å². The summed E-state index contributed by atoms with van der Waals surface area (Å²) in [6, 6.07) is 7.80. The molecule has 0 saturated heterocycles. The van der Waals surface area contributed by atoms with Crippen LogP contribution in [0.25, 0.3) is 10.9 Å². The van der Waals surface area contributed by atoms with Gasteiger partial charge in [-0.3, -0.25) is 4.79 Å². The average Bonchev–Trinajstić information content (AvgIpc) is 2.73. The fourth-order valence-electron chi connectivity index (χ4n) is 1.87. The number of fused-ring (bicyclic) bond motifs is 1. The monoisotopic (exact) mass is 211 g/mol. The molecule has 0 bridgehead atoms. The van der Waals surface area contributed by atoms with Gasteiger partial charge in [-0.05, 0) is 19.1 Å². The molecule has 16 heavy (non-hydrogen) atoms. The maximum absolute atomic E-state index is 11.0. The van der Waals surface area contributed by atoms with Gasteiger partial charge in [0.2, 0.25) is 0 Å². The number of hydrogen-bond donors (Lipinski definition) is 0. The van der Waals surface area contributed by atoms with E-state index in [1.165, 1.54) is 0 Å². The topological polar surface area (TPSA) is 22.0 Å². The average molecular weight is 211 g/mol. The van der Waals surface area contributed by atoms with Crippen molar-refractivity contribution in [3.8, 4) is 11.8 Å². The third kappa shape index (κ3) is 1.85. The van der Waals surface area contributed by atoms with Gasteiger partial charge in [-0.2, -0.15) is 0 Å². The molecule has 2 rings (SSSR count). The standard InChI is InChI=1S/C14H13NO/c1-2-3-4-9-15-10-8-12-6-5-7-13(11-16)14(12)15/h5-8,10-11H,4,9H2,1H3. The maximum atomic E-state index is 11.0. The van der Waals surface area contributed by atoms with Crippen LogP contribution in [0.5, 0.6) is 0 Å². The number of carbonyl (C=O) groups excluding carboxylic acids is 1. The number of aryl methyl sites for hydroxylation is 1. The lowest BCUT2D eigenvalue weighted by Crippen LogP contribution is -1.97. The summed E-state index contributed by atoms with van der Waals surface area (Å²) >= 11 is 0. The van der Waals surface area contributed by atoms with Crippen molar-refractivity contribution in [2.75, 3.05) is 0 Å². The molecule has 0 unspecified atom stereocenters. The molecule has 80 valence electrons. The van der Waals surface area contributed by atoms with Crippen LogP contribution in [0.15, 0.2) is 30.5 Å². The summed E-state index contributed by atoms with van der Waals surface area (Å²) in [4.78, 5) is 11.0. The number of nitrogens with zero attached hydrogens (tertiary/aromatic N) is 1. The molecule has 0 atom stereocenters. The molecule has 0 aliphatic heterocycles. The second-order valence-corrected chi connectivity index (χ2v) is 3.59. The minimum absolute atomic E-state index is 0.743. The van der Waals surface area contributed by atoms with E-state index in [2.05, 4.69) is 16.4 Å². The Bertz CT molecular complexity index is 569. The van der Waals surface area contributed by atoms with Crippen LogP contribution in [-0.2, 0) is 6.54 Å². The summed E-state index contributed by atoms with van der Waals surface area (Å²) in [7, 11) is 0. The van der Waals surface area contributed by atoms with Crippen molar-refractivity contribution in [2.45, 2.75) is 19.9 Å². The van der Waals surface area contributed by atoms with Crippen molar-refractivity contribution < 1.29 is 4.79 Å². The Labute approximate surface area is 94.9 Å². The Balaban J connectivity index is 2.44. The fraction of sp³-hybridized carbons (Fsp3) is 0.214. The number of para-hydroxylation sites is 1. The Morgan fingerprint density at radius 1 is 1.38 bits per heavy atom. The van der Waals surface area contributed by atoms with Crippen molar-refractivity contribution in [3.63, 3.8) is 0 Å². The second kappa shape index (κ2) is 4.67. The highest BCUT2D eigenvalue weighted by Crippen LogP contribution is 2.19. The lowest BCUT2D eigenvalue weighted by atomic mass is 10.1. The van der Waals surface area contributed by atoms with Crippen molar-refractivity contribution in [3.05, 3.63) is 36.0 Å². The number of rotatable bonds is 3. The van der Waals surface area contributed by atoms with E-state index in [1.807, 2.05) is 37.4 Å². The van der Waals surface area contributed by atoms with E-state index in [0.29, 0.717) is 0 Å². The summed E-state index contributed by atoms with van der Waals surface area (Å²) in [5.74, 6) is 5.90. The van der Waals surface area contributed by atoms with E-state index < -0.39 is 0 Å². The number of aromatic nitrogens is 1. The van der Waals surface area contributed by atoms with Crippen LogP contribution in [0.1, 0.15) is 23.7 Å². The van der Waals surface area contributed by atoms with Gasteiger partial charge in [-0.1, -0.05) is 12.1 Å². The molecule has 1 aromatic heterocycles. The second-order valence-electron chi connectivity index (χ2n) is 3.59. The number of carbonyl (C=O) groups is 1. The van der Waals surface area contributed by atoms with Crippen LogP contribution in [0.3, 0.4) is 0 Å². The Hall–Kier alpha value is -2.01. The maximum Gasteiger partial charge on any atom is 0.152 e. The Kier molecular flexibility index (Phi) is 3.07. The van der Waals surface area contributed by atoms with Crippen LogP contribution in [0.4, 0.5) is 0 Å². The van der Waals surface area contributed by atoms with Gasteiger partial charge in [0.15, 0.2) is 6.29 Å². The van der Waals surface area contributed by atoms with Crippen molar-refractivity contribution in [2.24, 2.45) is 0 Å². The molecule has 0 N–H and O–H groups in total. The van der Waals surface area contributed by atoms with Gasteiger partial charge in [-0.25, -0.2) is 0 Å². The van der Waals surface area contributed by atoms with Crippen molar-refractivity contribution in [1.29, 1.82) is 0 Å². The third-order valence-electron chi connectivity index (χ3n) is 2.60. The zero-order chi connectivity index (χ0) is 11.4. The molecule has 0 fully saturated rings. The number of benzene rings is 1. The van der Waals surface area contributed by atoms with E-state index in [-0.39, 0.29) is 0 Å². The molecule has 0 radical (unpaired) electrons. The molecule has 0 spiro atoms. The van der Waals surface area contributed by atoms with Gasteiger partial charge in [0.25, 0.3) is 0 Å². The molecule has 1 aromatic carbocycles. The molecule has 2 aromatic rings. The normalized spacial score (nSPS) is 9.81. The molecule has 1 heterocycles. The van der Waals surface area contributed by atoms with Gasteiger partial charge in [0.05, 0.1) is 5.52 Å². The third-order valence-corrected chi connectivity index (χ3v) is 2.60. The summed E-state index contributed by atoms with van der Waals surface area (Å²) in [5, 5.41) is 1.11. The number of hydrogen-bond acceptors (Lipinski definition) is 1. The van der Waals surface area contributed by atoms with E-state index in [1.54, 1.807) is 0 Å². The Morgan fingerprint density at radius 2 is 2.25 bits per heavy atom. The van der Waals surface area contributed by atoms with Crippen molar-refractivity contribution in [1.82, 2.24) is 4.57 Å². The highest BCUT2D eigenvalue weighted by atomic mass is 16.1. The molecular formula is C14H13NO. The predicted octanol–water partition coefficient (Wildman–Crippen LogP) is 2.87. The lowest BCUT2D eigenvalue weighted by molar-refractivity contribution is 0.112. The smallest absolute Gasteiger partial charge is 0.152 e. The van der Waals surface area contributed by atoms with Crippen molar-refractivity contribution >= 4 is 17.2 Å². The van der Waals surface area contributed by atoms with E-state index in [9.17, 15) is 4.79 Å². The molecule has 2 nitrogen and oxygen atoms in total. The Morgan fingerprint density at radius 3 is 3.00 bits per heavy atom. The van der Waals surface area contributed by atoms with Gasteiger partial charge in [-0.15, -0.1) is 11.8 Å². The molecule has 0 amide bonds. The predicted molar refractivity (Wildman–Crippen MR) is 65.4 cm³/mol. The molecule has 0 aliphatic carbocycles. The first kappa shape index (κ1) is 10.5. The fourth-order valence-corrected chi connectivity index (χ4v) is 1.87. The summed E-state index contributed by atoms with van der Waals surface area (Å²) in [6.45, 7) is 2.67. The highest BCUT2D eigenvalue weighted by molar-refractivity contribution is 5.96. The van der Waals surface area contributed by atoms with Gasteiger partial charge >= 0.3 is 0 Å². The summed E-state index contributed by atoms with van der Waals surface area (Å²) in [5.41, 5.74) is 1.75. The lowest BCUT2D eigenvalue weighted by Gasteiger charge is -2.04. The van der Waals surface area contributed by atoms with E-state index in [0.717, 1.165) is 35.7 Å². The first-order valence-electron chi connectivity index (χ1n) is 5.29. The first-order chi connectivity index (χ1) is 7.86. The quantitative estimate of drug-likeness (QED) is 0.565. The van der Waals surface area contributed by atoms with Crippen LogP contribution >= 0.6 is 0 Å². The number of aldehydes is 1. The van der Waals surface area contributed by atoms with Crippen LogP contribution in [0, 0.1) is 11.8 Å². The van der Waals surface area contributed by atoms with Crippen LogP contribution in [0.2, 0.25) is 0 Å². The van der Waals surface area contributed by atoms with Gasteiger partial charge in [0.1, 0.15) is 0 Å². The minimum Gasteiger partial charge on any atom is -0.346 e. The molecule has 2 heteroatoms. The zero-order valence-corrected chi connectivity index (χ0v) is 9.23. The van der Waals surface area contributed by atoms with Crippen LogP contribution < -0.4 is 0 Å².